The first kappa shape index (κ1) is 20.6. The van der Waals surface area contributed by atoms with E-state index in [9.17, 15) is 0 Å². The molecule has 4 aromatic rings. The highest BCUT2D eigenvalue weighted by Crippen LogP contribution is 2.29. The van der Waals surface area contributed by atoms with Gasteiger partial charge in [-0.15, -0.1) is 11.3 Å². The van der Waals surface area contributed by atoms with Gasteiger partial charge in [0.15, 0.2) is 11.5 Å². The molecule has 1 N–H and O–H groups in total. The van der Waals surface area contributed by atoms with E-state index in [1.54, 1.807) is 13.3 Å². The molecular weight excluding hydrogens is 406 g/mol. The summed E-state index contributed by atoms with van der Waals surface area (Å²) in [7, 11) is 1.64. The van der Waals surface area contributed by atoms with E-state index in [0.29, 0.717) is 18.1 Å². The fourth-order valence-corrected chi connectivity index (χ4v) is 3.71. The van der Waals surface area contributed by atoms with Crippen molar-refractivity contribution in [2.75, 3.05) is 12.5 Å². The Balaban J connectivity index is 1.42. The molecule has 0 fully saturated rings. The summed E-state index contributed by atoms with van der Waals surface area (Å²) in [6.45, 7) is 2.55. The Hall–Kier alpha value is -3.64. The lowest BCUT2D eigenvalue weighted by atomic mass is 10.1. The molecule has 156 valence electrons. The number of hydrogen-bond acceptors (Lipinski definition) is 6. The first-order chi connectivity index (χ1) is 15.2. The molecule has 0 aliphatic rings. The average Bonchev–Trinajstić information content (AvgIpc) is 3.28. The summed E-state index contributed by atoms with van der Waals surface area (Å²) in [5, 5.41) is 7.07. The number of nitrogens with one attached hydrogen (secondary N) is 1. The molecule has 0 atom stereocenters. The second-order valence-electron chi connectivity index (χ2n) is 6.90. The number of benzene rings is 3. The van der Waals surface area contributed by atoms with Crippen LogP contribution in [0, 0.1) is 6.92 Å². The molecule has 0 saturated heterocycles. The summed E-state index contributed by atoms with van der Waals surface area (Å²) < 4.78 is 11.5. The molecule has 0 radical (unpaired) electrons. The number of anilines is 1. The molecule has 1 heterocycles. The molecule has 0 unspecified atom stereocenters. The van der Waals surface area contributed by atoms with Crippen LogP contribution in [0.2, 0.25) is 0 Å². The van der Waals surface area contributed by atoms with Crippen LogP contribution < -0.4 is 14.9 Å². The molecule has 4 rings (SSSR count). The summed E-state index contributed by atoms with van der Waals surface area (Å²) in [5.74, 6) is 1.36. The molecule has 6 heteroatoms. The number of rotatable bonds is 8. The zero-order chi connectivity index (χ0) is 21.5. The van der Waals surface area contributed by atoms with Gasteiger partial charge in [-0.1, -0.05) is 54.6 Å². The number of aromatic nitrogens is 1. The van der Waals surface area contributed by atoms with Crippen LogP contribution in [-0.2, 0) is 6.61 Å². The largest absolute Gasteiger partial charge is 0.493 e. The first-order valence-electron chi connectivity index (χ1n) is 9.88. The maximum atomic E-state index is 6.04. The Bertz CT molecular complexity index is 1170. The number of thiazole rings is 1. The Morgan fingerprint density at radius 2 is 1.81 bits per heavy atom. The minimum absolute atomic E-state index is 0.475. The lowest BCUT2D eigenvalue weighted by molar-refractivity contribution is 0.284. The van der Waals surface area contributed by atoms with Gasteiger partial charge >= 0.3 is 0 Å². The fraction of sp³-hybridized carbons (Fsp3) is 0.120. The second kappa shape index (κ2) is 9.91. The van der Waals surface area contributed by atoms with E-state index in [2.05, 4.69) is 34.6 Å². The maximum Gasteiger partial charge on any atom is 0.203 e. The number of nitrogens with zero attached hydrogens (tertiary/aromatic N) is 2. The predicted octanol–water partition coefficient (Wildman–Crippen LogP) is 6.15. The van der Waals surface area contributed by atoms with Crippen LogP contribution in [0.3, 0.4) is 0 Å². The molecule has 31 heavy (non-hydrogen) atoms. The van der Waals surface area contributed by atoms with Crippen LogP contribution in [0.4, 0.5) is 5.13 Å². The van der Waals surface area contributed by atoms with E-state index in [0.717, 1.165) is 27.5 Å². The molecule has 0 saturated carbocycles. The minimum atomic E-state index is 0.475. The summed E-state index contributed by atoms with van der Waals surface area (Å²) in [5.41, 5.74) is 8.25. The normalized spacial score (nSPS) is 10.9. The van der Waals surface area contributed by atoms with Crippen LogP contribution in [0.1, 0.15) is 16.7 Å². The first-order valence-corrected chi connectivity index (χ1v) is 10.8. The predicted molar refractivity (Wildman–Crippen MR) is 127 cm³/mol. The Labute approximate surface area is 186 Å². The van der Waals surface area contributed by atoms with Crippen molar-refractivity contribution in [3.63, 3.8) is 0 Å². The highest BCUT2D eigenvalue weighted by Gasteiger charge is 2.07. The molecule has 5 nitrogen and oxygen atoms in total. The van der Waals surface area contributed by atoms with Gasteiger partial charge in [0.1, 0.15) is 6.61 Å². The van der Waals surface area contributed by atoms with Gasteiger partial charge in [-0.3, -0.25) is 5.43 Å². The van der Waals surface area contributed by atoms with E-state index >= 15 is 0 Å². The van der Waals surface area contributed by atoms with Gasteiger partial charge in [0.2, 0.25) is 5.13 Å². The summed E-state index contributed by atoms with van der Waals surface area (Å²) >= 11 is 1.52. The highest BCUT2D eigenvalue weighted by molar-refractivity contribution is 7.14. The van der Waals surface area contributed by atoms with Crippen LogP contribution in [0.15, 0.2) is 83.3 Å². The average molecular weight is 430 g/mol. The smallest absolute Gasteiger partial charge is 0.203 e. The van der Waals surface area contributed by atoms with Crippen molar-refractivity contribution in [1.82, 2.24) is 4.98 Å². The number of methoxy groups -OCH3 is 1. The third-order valence-electron chi connectivity index (χ3n) is 4.78. The van der Waals surface area contributed by atoms with E-state index in [-0.39, 0.29) is 0 Å². The summed E-state index contributed by atoms with van der Waals surface area (Å²) in [4.78, 5) is 4.58. The Kier molecular flexibility index (Phi) is 6.59. The standard InChI is InChI=1S/C25H23N3O2S/c1-18-8-6-7-11-21(18)16-30-24-14-19(12-13-23(24)29-2)15-26-28-25-27-22(17-31-25)20-9-4-3-5-10-20/h3-15,17H,16H2,1-2H3,(H,27,28). The fourth-order valence-electron chi connectivity index (χ4n) is 3.04. The summed E-state index contributed by atoms with van der Waals surface area (Å²) in [6, 6.07) is 24.0. The van der Waals surface area contributed by atoms with Crippen molar-refractivity contribution >= 4 is 22.7 Å². The third-order valence-corrected chi connectivity index (χ3v) is 5.53. The van der Waals surface area contributed by atoms with Gasteiger partial charge in [-0.05, 0) is 41.8 Å². The molecule has 0 aliphatic heterocycles. The molecule has 1 aromatic heterocycles. The lowest BCUT2D eigenvalue weighted by Crippen LogP contribution is -2.00. The maximum absolute atomic E-state index is 6.04. The quantitative estimate of drug-likeness (QED) is 0.269. The molecule has 0 amide bonds. The molecular formula is C25H23N3O2S. The van der Waals surface area contributed by atoms with Gasteiger partial charge in [0.05, 0.1) is 19.0 Å². The van der Waals surface area contributed by atoms with Crippen molar-refractivity contribution < 1.29 is 9.47 Å². The van der Waals surface area contributed by atoms with Gasteiger partial charge in [0, 0.05) is 10.9 Å². The van der Waals surface area contributed by atoms with E-state index in [1.165, 1.54) is 16.9 Å². The van der Waals surface area contributed by atoms with Gasteiger partial charge in [-0.2, -0.15) is 5.10 Å². The van der Waals surface area contributed by atoms with Gasteiger partial charge in [0.25, 0.3) is 0 Å². The zero-order valence-corrected chi connectivity index (χ0v) is 18.2. The van der Waals surface area contributed by atoms with Crippen LogP contribution >= 0.6 is 11.3 Å². The number of hydrogen-bond donors (Lipinski definition) is 1. The van der Waals surface area contributed by atoms with Crippen molar-refractivity contribution in [2.45, 2.75) is 13.5 Å². The summed E-state index contributed by atoms with van der Waals surface area (Å²) in [6.07, 6.45) is 1.74. The lowest BCUT2D eigenvalue weighted by Gasteiger charge is -2.12. The van der Waals surface area contributed by atoms with Gasteiger partial charge in [-0.25, -0.2) is 4.98 Å². The second-order valence-corrected chi connectivity index (χ2v) is 7.76. The number of aryl methyl sites for hydroxylation is 1. The van der Waals surface area contributed by atoms with Gasteiger partial charge < -0.3 is 9.47 Å². The SMILES string of the molecule is COc1ccc(C=NNc2nc(-c3ccccc3)cs2)cc1OCc1ccccc1C. The zero-order valence-electron chi connectivity index (χ0n) is 17.4. The third kappa shape index (κ3) is 5.29. The minimum Gasteiger partial charge on any atom is -0.493 e. The van der Waals surface area contributed by atoms with Crippen LogP contribution in [-0.4, -0.2) is 18.3 Å². The van der Waals surface area contributed by atoms with Crippen molar-refractivity contribution in [3.8, 4) is 22.8 Å². The highest BCUT2D eigenvalue weighted by atomic mass is 32.1. The molecule has 0 aliphatic carbocycles. The van der Waals surface area contributed by atoms with Crippen molar-refractivity contribution in [2.24, 2.45) is 5.10 Å². The monoisotopic (exact) mass is 429 g/mol. The Morgan fingerprint density at radius 3 is 2.61 bits per heavy atom. The van der Waals surface area contributed by atoms with Crippen LogP contribution in [0.25, 0.3) is 11.3 Å². The molecule has 0 spiro atoms. The Morgan fingerprint density at radius 1 is 1.00 bits per heavy atom. The van der Waals surface area contributed by atoms with Crippen molar-refractivity contribution in [3.05, 3.63) is 94.9 Å². The van der Waals surface area contributed by atoms with E-state index < -0.39 is 0 Å². The van der Waals surface area contributed by atoms with E-state index in [1.807, 2.05) is 66.0 Å². The van der Waals surface area contributed by atoms with Crippen LogP contribution in [0.5, 0.6) is 11.5 Å². The number of ether oxygens (including phenoxy) is 2. The topological polar surface area (TPSA) is 55.7 Å². The molecule has 3 aromatic carbocycles. The van der Waals surface area contributed by atoms with Crippen molar-refractivity contribution in [1.29, 1.82) is 0 Å². The number of hydrazone groups is 1. The molecule has 0 bridgehead atoms. The van der Waals surface area contributed by atoms with E-state index in [4.69, 9.17) is 9.47 Å².